The third-order valence-corrected chi connectivity index (χ3v) is 5.08. The van der Waals surface area contributed by atoms with E-state index < -0.39 is 0 Å². The van der Waals surface area contributed by atoms with Crippen LogP contribution in [0.5, 0.6) is 0 Å². The van der Waals surface area contributed by atoms with Crippen molar-refractivity contribution in [1.82, 2.24) is 10.6 Å². The molecule has 0 aliphatic heterocycles. The van der Waals surface area contributed by atoms with Crippen molar-refractivity contribution in [2.75, 3.05) is 19.7 Å². The SMILES string of the molecule is CCNC(=O)NCCOC(=O)c1cc2c(s1)-c1ccccc1CC2. The van der Waals surface area contributed by atoms with Crippen LogP contribution in [-0.4, -0.2) is 31.7 Å². The zero-order valence-electron chi connectivity index (χ0n) is 13.6. The number of aryl methyl sites for hydroxylation is 2. The van der Waals surface area contributed by atoms with E-state index in [4.69, 9.17) is 4.74 Å². The Hall–Kier alpha value is -2.34. The van der Waals surface area contributed by atoms with Crippen LogP contribution in [0.3, 0.4) is 0 Å². The predicted molar refractivity (Wildman–Crippen MR) is 94.5 cm³/mol. The summed E-state index contributed by atoms with van der Waals surface area (Å²) in [6.45, 7) is 2.87. The highest BCUT2D eigenvalue weighted by Crippen LogP contribution is 2.39. The first-order valence-corrected chi connectivity index (χ1v) is 8.90. The molecule has 0 saturated heterocycles. The molecule has 2 N–H and O–H groups in total. The molecular weight excluding hydrogens is 324 g/mol. The molecule has 6 heteroatoms. The lowest BCUT2D eigenvalue weighted by atomic mass is 9.91. The van der Waals surface area contributed by atoms with Crippen LogP contribution in [0.4, 0.5) is 4.79 Å². The summed E-state index contributed by atoms with van der Waals surface area (Å²) < 4.78 is 5.25. The molecule has 0 bridgehead atoms. The van der Waals surface area contributed by atoms with Crippen LogP contribution < -0.4 is 10.6 Å². The molecule has 0 unspecified atom stereocenters. The Kier molecular flexibility index (Phi) is 5.15. The fourth-order valence-corrected chi connectivity index (χ4v) is 3.94. The van der Waals surface area contributed by atoms with Crippen molar-refractivity contribution in [3.63, 3.8) is 0 Å². The average Bonchev–Trinajstić information content (AvgIpc) is 3.03. The van der Waals surface area contributed by atoms with Crippen molar-refractivity contribution in [1.29, 1.82) is 0 Å². The van der Waals surface area contributed by atoms with Gasteiger partial charge in [0.15, 0.2) is 0 Å². The van der Waals surface area contributed by atoms with Gasteiger partial charge >= 0.3 is 12.0 Å². The van der Waals surface area contributed by atoms with Gasteiger partial charge in [0.1, 0.15) is 11.5 Å². The van der Waals surface area contributed by atoms with Gasteiger partial charge in [-0.1, -0.05) is 24.3 Å². The van der Waals surface area contributed by atoms with Gasteiger partial charge in [-0.15, -0.1) is 11.3 Å². The molecular formula is C18H20N2O3S. The molecule has 3 rings (SSSR count). The van der Waals surface area contributed by atoms with Gasteiger partial charge in [-0.05, 0) is 42.5 Å². The molecule has 0 fully saturated rings. The number of carbonyl (C=O) groups is 2. The zero-order chi connectivity index (χ0) is 16.9. The molecule has 24 heavy (non-hydrogen) atoms. The lowest BCUT2D eigenvalue weighted by Gasteiger charge is -2.15. The van der Waals surface area contributed by atoms with E-state index in [1.54, 1.807) is 0 Å². The minimum Gasteiger partial charge on any atom is -0.460 e. The Morgan fingerprint density at radius 2 is 1.96 bits per heavy atom. The minimum atomic E-state index is -0.329. The first-order valence-electron chi connectivity index (χ1n) is 8.09. The quantitative estimate of drug-likeness (QED) is 0.647. The highest BCUT2D eigenvalue weighted by atomic mass is 32.1. The molecule has 126 valence electrons. The minimum absolute atomic E-state index is 0.162. The molecule has 0 atom stereocenters. The molecule has 1 aliphatic rings. The molecule has 1 aliphatic carbocycles. The highest BCUT2D eigenvalue weighted by Gasteiger charge is 2.21. The number of esters is 1. The highest BCUT2D eigenvalue weighted by molar-refractivity contribution is 7.17. The van der Waals surface area contributed by atoms with E-state index in [0.29, 0.717) is 18.0 Å². The van der Waals surface area contributed by atoms with Crippen molar-refractivity contribution < 1.29 is 14.3 Å². The number of urea groups is 1. The third kappa shape index (κ3) is 3.59. The number of ether oxygens (including phenoxy) is 1. The zero-order valence-corrected chi connectivity index (χ0v) is 14.4. The molecule has 2 amide bonds. The maximum Gasteiger partial charge on any atom is 0.348 e. The Morgan fingerprint density at radius 3 is 2.79 bits per heavy atom. The first-order chi connectivity index (χ1) is 11.7. The summed E-state index contributed by atoms with van der Waals surface area (Å²) in [6, 6.07) is 10.0. The second-order valence-electron chi connectivity index (χ2n) is 5.54. The van der Waals surface area contributed by atoms with Crippen LogP contribution in [0.1, 0.15) is 27.7 Å². The van der Waals surface area contributed by atoms with E-state index in [0.717, 1.165) is 12.8 Å². The number of benzene rings is 1. The summed E-state index contributed by atoms with van der Waals surface area (Å²) in [5.41, 5.74) is 3.77. The standard InChI is InChI=1S/C18H20N2O3S/c1-2-19-18(22)20-9-10-23-17(21)15-11-13-8-7-12-5-3-4-6-14(12)16(13)24-15/h3-6,11H,2,7-10H2,1H3,(H2,19,20,22). The summed E-state index contributed by atoms with van der Waals surface area (Å²) in [7, 11) is 0. The van der Waals surface area contributed by atoms with Gasteiger partial charge in [-0.2, -0.15) is 0 Å². The maximum atomic E-state index is 12.2. The van der Waals surface area contributed by atoms with Crippen molar-refractivity contribution in [3.05, 3.63) is 46.3 Å². The lowest BCUT2D eigenvalue weighted by Crippen LogP contribution is -2.37. The third-order valence-electron chi connectivity index (χ3n) is 3.89. The van der Waals surface area contributed by atoms with Crippen LogP contribution in [0.2, 0.25) is 0 Å². The molecule has 1 aromatic carbocycles. The molecule has 2 aromatic rings. The smallest absolute Gasteiger partial charge is 0.348 e. The van der Waals surface area contributed by atoms with E-state index >= 15 is 0 Å². The van der Waals surface area contributed by atoms with E-state index in [2.05, 4.69) is 22.8 Å². The fourth-order valence-electron chi connectivity index (χ4n) is 2.77. The first kappa shape index (κ1) is 16.5. The molecule has 0 spiro atoms. The van der Waals surface area contributed by atoms with Crippen LogP contribution in [0.15, 0.2) is 30.3 Å². The van der Waals surface area contributed by atoms with Crippen molar-refractivity contribution in [2.24, 2.45) is 0 Å². The summed E-state index contributed by atoms with van der Waals surface area (Å²) in [5, 5.41) is 5.25. The molecule has 0 radical (unpaired) electrons. The van der Waals surface area contributed by atoms with Gasteiger partial charge in [0, 0.05) is 11.4 Å². The number of fused-ring (bicyclic) bond motifs is 3. The Balaban J connectivity index is 1.60. The largest absolute Gasteiger partial charge is 0.460 e. The summed E-state index contributed by atoms with van der Waals surface area (Å²) in [4.78, 5) is 25.2. The van der Waals surface area contributed by atoms with E-state index in [9.17, 15) is 9.59 Å². The molecule has 0 saturated carbocycles. The predicted octanol–water partition coefficient (Wildman–Crippen LogP) is 2.99. The van der Waals surface area contributed by atoms with E-state index in [1.807, 2.05) is 25.1 Å². The second-order valence-corrected chi connectivity index (χ2v) is 6.60. The van der Waals surface area contributed by atoms with E-state index in [1.165, 1.54) is 32.9 Å². The topological polar surface area (TPSA) is 67.4 Å². The average molecular weight is 344 g/mol. The van der Waals surface area contributed by atoms with Gasteiger partial charge < -0.3 is 15.4 Å². The number of nitrogens with one attached hydrogen (secondary N) is 2. The number of carbonyl (C=O) groups excluding carboxylic acids is 2. The summed E-state index contributed by atoms with van der Waals surface area (Å²) >= 11 is 1.48. The van der Waals surface area contributed by atoms with Gasteiger partial charge in [0.05, 0.1) is 6.54 Å². The number of hydrogen-bond acceptors (Lipinski definition) is 4. The Bertz CT molecular complexity index is 754. The summed E-state index contributed by atoms with van der Waals surface area (Å²) in [6.07, 6.45) is 1.96. The lowest BCUT2D eigenvalue weighted by molar-refractivity contribution is 0.0516. The fraction of sp³-hybridized carbons (Fsp3) is 0.333. The van der Waals surface area contributed by atoms with Gasteiger partial charge in [-0.25, -0.2) is 9.59 Å². The van der Waals surface area contributed by atoms with Crippen LogP contribution in [-0.2, 0) is 17.6 Å². The molecule has 5 nitrogen and oxygen atoms in total. The summed E-state index contributed by atoms with van der Waals surface area (Å²) in [5.74, 6) is -0.329. The van der Waals surface area contributed by atoms with Crippen molar-refractivity contribution in [3.8, 4) is 10.4 Å². The van der Waals surface area contributed by atoms with Crippen molar-refractivity contribution in [2.45, 2.75) is 19.8 Å². The van der Waals surface area contributed by atoms with Crippen LogP contribution in [0.25, 0.3) is 10.4 Å². The second kappa shape index (κ2) is 7.49. The monoisotopic (exact) mass is 344 g/mol. The number of rotatable bonds is 5. The van der Waals surface area contributed by atoms with Crippen LogP contribution >= 0.6 is 11.3 Å². The Labute approximate surface area is 145 Å². The maximum absolute atomic E-state index is 12.2. The molecule has 1 aromatic heterocycles. The van der Waals surface area contributed by atoms with E-state index in [-0.39, 0.29) is 18.6 Å². The number of hydrogen-bond donors (Lipinski definition) is 2. The van der Waals surface area contributed by atoms with Crippen molar-refractivity contribution >= 4 is 23.3 Å². The van der Waals surface area contributed by atoms with Gasteiger partial charge in [0.2, 0.25) is 0 Å². The van der Waals surface area contributed by atoms with Gasteiger partial charge in [-0.3, -0.25) is 0 Å². The van der Waals surface area contributed by atoms with Gasteiger partial charge in [0.25, 0.3) is 0 Å². The normalized spacial score (nSPS) is 12.0. The molecule has 1 heterocycles. The van der Waals surface area contributed by atoms with Crippen LogP contribution in [0, 0.1) is 0 Å². The number of thiophene rings is 1. The number of amides is 2. The Morgan fingerprint density at radius 1 is 1.17 bits per heavy atom.